The largest absolute Gasteiger partial charge is 0.495 e. The maximum Gasteiger partial charge on any atom is 0.287 e. The van der Waals surface area contributed by atoms with Gasteiger partial charge in [-0.15, -0.1) is 6.42 Å². The third-order valence-electron chi connectivity index (χ3n) is 3.53. The lowest BCUT2D eigenvalue weighted by molar-refractivity contribution is -0.672. The summed E-state index contributed by atoms with van der Waals surface area (Å²) in [4.78, 5) is 12.7. The van der Waals surface area contributed by atoms with Crippen LogP contribution < -0.4 is 15.4 Å². The van der Waals surface area contributed by atoms with E-state index in [-0.39, 0.29) is 5.91 Å². The number of amides is 1. The summed E-state index contributed by atoms with van der Waals surface area (Å²) in [6.07, 6.45) is 5.34. The van der Waals surface area contributed by atoms with Crippen LogP contribution in [0.3, 0.4) is 0 Å². The van der Waals surface area contributed by atoms with Gasteiger partial charge in [-0.25, -0.2) is 0 Å². The summed E-state index contributed by atoms with van der Waals surface area (Å²) < 4.78 is 5.31. The molecule has 3 N–H and O–H groups in total. The van der Waals surface area contributed by atoms with Crippen LogP contribution in [0.25, 0.3) is 0 Å². The molecule has 0 aliphatic rings. The van der Waals surface area contributed by atoms with Crippen LogP contribution in [0.5, 0.6) is 5.75 Å². The standard InChI is InChI=1S/C19H20N2O2/c1-4-12-20-18(15-8-6-5-7-9-15)19(22)21-16-13-14(2)10-11-17(16)23-3/h1,5-11,13,18,20H,12H2,2-3H3,(H,21,22)/p+1/t18-/m1/s1. The number of anilines is 1. The monoisotopic (exact) mass is 309 g/mol. The first-order valence-corrected chi connectivity index (χ1v) is 7.43. The van der Waals surface area contributed by atoms with E-state index < -0.39 is 6.04 Å². The van der Waals surface area contributed by atoms with Crippen molar-refractivity contribution in [1.82, 2.24) is 0 Å². The number of rotatable bonds is 6. The number of methoxy groups -OCH3 is 1. The minimum atomic E-state index is -0.405. The predicted octanol–water partition coefficient (Wildman–Crippen LogP) is 1.88. The van der Waals surface area contributed by atoms with E-state index >= 15 is 0 Å². The third-order valence-corrected chi connectivity index (χ3v) is 3.53. The van der Waals surface area contributed by atoms with Crippen molar-refractivity contribution in [2.45, 2.75) is 13.0 Å². The summed E-state index contributed by atoms with van der Waals surface area (Å²) >= 11 is 0. The highest BCUT2D eigenvalue weighted by atomic mass is 16.5. The van der Waals surface area contributed by atoms with Gasteiger partial charge in [-0.1, -0.05) is 36.4 Å². The molecule has 0 saturated carbocycles. The zero-order valence-electron chi connectivity index (χ0n) is 13.4. The average molecular weight is 309 g/mol. The number of terminal acetylenes is 1. The van der Waals surface area contributed by atoms with Gasteiger partial charge in [-0.2, -0.15) is 0 Å². The highest BCUT2D eigenvalue weighted by Gasteiger charge is 2.24. The first-order valence-electron chi connectivity index (χ1n) is 7.43. The average Bonchev–Trinajstić information content (AvgIpc) is 2.56. The van der Waals surface area contributed by atoms with Gasteiger partial charge in [0.15, 0.2) is 6.04 Å². The van der Waals surface area contributed by atoms with Crippen LogP contribution in [0.4, 0.5) is 5.69 Å². The fourth-order valence-electron chi connectivity index (χ4n) is 2.37. The van der Waals surface area contributed by atoms with Crippen LogP contribution in [0.1, 0.15) is 17.2 Å². The molecular weight excluding hydrogens is 288 g/mol. The lowest BCUT2D eigenvalue weighted by Crippen LogP contribution is -2.87. The molecule has 0 spiro atoms. The summed E-state index contributed by atoms with van der Waals surface area (Å²) in [7, 11) is 1.58. The lowest BCUT2D eigenvalue weighted by Gasteiger charge is -2.16. The van der Waals surface area contributed by atoms with Gasteiger partial charge in [0, 0.05) is 5.56 Å². The van der Waals surface area contributed by atoms with Crippen molar-refractivity contribution in [2.75, 3.05) is 19.0 Å². The number of ether oxygens (including phenoxy) is 1. The summed E-state index contributed by atoms with van der Waals surface area (Å²) in [5, 5.41) is 4.79. The number of quaternary nitrogens is 1. The molecule has 0 unspecified atom stereocenters. The zero-order chi connectivity index (χ0) is 16.7. The third kappa shape index (κ3) is 4.35. The van der Waals surface area contributed by atoms with Gasteiger partial charge >= 0.3 is 0 Å². The summed E-state index contributed by atoms with van der Waals surface area (Å²) in [6, 6.07) is 14.8. The number of nitrogens with two attached hydrogens (primary N) is 1. The molecule has 0 saturated heterocycles. The van der Waals surface area contributed by atoms with Gasteiger partial charge in [0.2, 0.25) is 0 Å². The lowest BCUT2D eigenvalue weighted by atomic mass is 10.1. The first-order chi connectivity index (χ1) is 11.2. The molecule has 0 bridgehead atoms. The Morgan fingerprint density at radius 3 is 2.70 bits per heavy atom. The van der Waals surface area contributed by atoms with E-state index in [2.05, 4.69) is 11.2 Å². The maximum atomic E-state index is 12.7. The molecule has 2 aromatic carbocycles. The molecule has 2 aromatic rings. The number of carbonyl (C=O) groups excluding carboxylic acids is 1. The fourth-order valence-corrected chi connectivity index (χ4v) is 2.37. The maximum absolute atomic E-state index is 12.7. The number of benzene rings is 2. The minimum Gasteiger partial charge on any atom is -0.495 e. The van der Waals surface area contributed by atoms with Gasteiger partial charge in [0.1, 0.15) is 12.3 Å². The number of nitrogens with one attached hydrogen (secondary N) is 1. The predicted molar refractivity (Wildman–Crippen MR) is 91.2 cm³/mol. The molecule has 0 aliphatic heterocycles. The first kappa shape index (κ1) is 16.6. The molecule has 0 fully saturated rings. The Morgan fingerprint density at radius 2 is 2.04 bits per heavy atom. The van der Waals surface area contributed by atoms with Crippen LogP contribution in [0.15, 0.2) is 48.5 Å². The van der Waals surface area contributed by atoms with E-state index in [0.29, 0.717) is 18.0 Å². The second-order valence-corrected chi connectivity index (χ2v) is 5.23. The number of aryl methyl sites for hydroxylation is 1. The van der Waals surface area contributed by atoms with Crippen molar-refractivity contribution in [3.8, 4) is 18.1 Å². The molecule has 0 aliphatic carbocycles. The molecule has 4 nitrogen and oxygen atoms in total. The highest BCUT2D eigenvalue weighted by molar-refractivity contribution is 5.95. The van der Waals surface area contributed by atoms with Gasteiger partial charge in [0.25, 0.3) is 5.91 Å². The van der Waals surface area contributed by atoms with Crippen LogP contribution in [0, 0.1) is 19.3 Å². The van der Waals surface area contributed by atoms with Crippen molar-refractivity contribution in [1.29, 1.82) is 0 Å². The Hall–Kier alpha value is -2.77. The Balaban J connectivity index is 2.25. The van der Waals surface area contributed by atoms with E-state index in [1.54, 1.807) is 7.11 Å². The minimum absolute atomic E-state index is 0.129. The van der Waals surface area contributed by atoms with E-state index in [4.69, 9.17) is 11.2 Å². The van der Waals surface area contributed by atoms with Gasteiger partial charge in [0.05, 0.1) is 12.8 Å². The molecule has 0 aromatic heterocycles. The molecular formula is C19H21N2O2+. The Morgan fingerprint density at radius 1 is 1.30 bits per heavy atom. The molecule has 0 radical (unpaired) electrons. The van der Waals surface area contributed by atoms with Crippen LogP contribution >= 0.6 is 0 Å². The molecule has 1 amide bonds. The molecule has 4 heteroatoms. The molecule has 23 heavy (non-hydrogen) atoms. The topological polar surface area (TPSA) is 54.9 Å². The van der Waals surface area contributed by atoms with Gasteiger partial charge in [-0.05, 0) is 30.5 Å². The van der Waals surface area contributed by atoms with Crippen molar-refractivity contribution in [2.24, 2.45) is 0 Å². The molecule has 118 valence electrons. The van der Waals surface area contributed by atoms with Crippen molar-refractivity contribution in [3.63, 3.8) is 0 Å². The van der Waals surface area contributed by atoms with Crippen LogP contribution in [-0.4, -0.2) is 19.6 Å². The van der Waals surface area contributed by atoms with E-state index in [0.717, 1.165) is 11.1 Å². The van der Waals surface area contributed by atoms with Crippen molar-refractivity contribution in [3.05, 3.63) is 59.7 Å². The summed E-state index contributed by atoms with van der Waals surface area (Å²) in [6.45, 7) is 2.40. The quantitative estimate of drug-likeness (QED) is 0.801. The normalized spacial score (nSPS) is 11.3. The highest BCUT2D eigenvalue weighted by Crippen LogP contribution is 2.26. The second kappa shape index (κ2) is 8.02. The number of hydrogen-bond donors (Lipinski definition) is 2. The Bertz CT molecular complexity index is 705. The molecule has 0 heterocycles. The van der Waals surface area contributed by atoms with Crippen molar-refractivity contribution >= 4 is 11.6 Å². The molecule has 1 atom stereocenters. The Kier molecular flexibility index (Phi) is 5.79. The SMILES string of the molecule is C#CC[NH2+][C@@H](C(=O)Nc1cc(C)ccc1OC)c1ccccc1. The van der Waals surface area contributed by atoms with E-state index in [1.807, 2.05) is 60.8 Å². The summed E-state index contributed by atoms with van der Waals surface area (Å²) in [5.41, 5.74) is 2.62. The summed E-state index contributed by atoms with van der Waals surface area (Å²) in [5.74, 6) is 3.06. The zero-order valence-corrected chi connectivity index (χ0v) is 13.4. The molecule has 2 rings (SSSR count). The van der Waals surface area contributed by atoms with Gasteiger partial charge in [-0.3, -0.25) is 4.79 Å². The van der Waals surface area contributed by atoms with Crippen LogP contribution in [-0.2, 0) is 4.79 Å². The van der Waals surface area contributed by atoms with E-state index in [1.165, 1.54) is 0 Å². The van der Waals surface area contributed by atoms with Crippen LogP contribution in [0.2, 0.25) is 0 Å². The van der Waals surface area contributed by atoms with Crippen molar-refractivity contribution < 1.29 is 14.8 Å². The van der Waals surface area contributed by atoms with E-state index in [9.17, 15) is 4.79 Å². The fraction of sp³-hybridized carbons (Fsp3) is 0.211. The number of hydrogen-bond acceptors (Lipinski definition) is 2. The Labute approximate surface area is 136 Å². The number of carbonyl (C=O) groups is 1. The smallest absolute Gasteiger partial charge is 0.287 e. The second-order valence-electron chi connectivity index (χ2n) is 5.23. The van der Waals surface area contributed by atoms with Gasteiger partial charge < -0.3 is 15.4 Å².